The summed E-state index contributed by atoms with van der Waals surface area (Å²) in [5.74, 6) is 1.95. The van der Waals surface area contributed by atoms with E-state index in [1.807, 2.05) is 18.2 Å². The molecule has 0 bridgehead atoms. The minimum atomic E-state index is -1.45. The zero-order valence-corrected chi connectivity index (χ0v) is 26.4. The van der Waals surface area contributed by atoms with Gasteiger partial charge in [-0.1, -0.05) is 146 Å². The van der Waals surface area contributed by atoms with E-state index < -0.39 is 8.07 Å². The first kappa shape index (κ1) is 26.0. The average Bonchev–Trinajstić information content (AvgIpc) is 3.59. The van der Waals surface area contributed by atoms with Crippen molar-refractivity contribution in [1.29, 1.82) is 0 Å². The standard InChI is InChI=1S/C40H30N4Si/c1-45(2,3)28-21-19-27(20-22-28)39-41-38(26-11-5-4-6-12-26)42-40(43-39)44-34-18-8-7-15-29(34)32-24-23-31-30-16-9-13-25-14-10-17-33(35(25)30)36(31)37(32)44/h4-24H,1-3H3. The van der Waals surface area contributed by atoms with Crippen LogP contribution in [0.5, 0.6) is 0 Å². The summed E-state index contributed by atoms with van der Waals surface area (Å²) in [4.78, 5) is 15.5. The predicted octanol–water partition coefficient (Wildman–Crippen LogP) is 9.65. The Kier molecular flexibility index (Phi) is 5.53. The third-order valence-corrected chi connectivity index (χ3v) is 11.2. The lowest BCUT2D eigenvalue weighted by Crippen LogP contribution is -2.37. The fraction of sp³-hybridized carbons (Fsp3) is 0.0750. The van der Waals surface area contributed by atoms with Gasteiger partial charge >= 0.3 is 0 Å². The Labute approximate surface area is 262 Å². The van der Waals surface area contributed by atoms with Gasteiger partial charge in [-0.2, -0.15) is 9.97 Å². The molecule has 8 aromatic rings. The molecule has 0 unspecified atom stereocenters. The first-order chi connectivity index (χ1) is 22.0. The highest BCUT2D eigenvalue weighted by Crippen LogP contribution is 2.51. The minimum Gasteiger partial charge on any atom is -0.277 e. The van der Waals surface area contributed by atoms with Gasteiger partial charge < -0.3 is 0 Å². The molecule has 0 saturated carbocycles. The summed E-state index contributed by atoms with van der Waals surface area (Å²) in [6.07, 6.45) is 0. The number of para-hydroxylation sites is 1. The predicted molar refractivity (Wildman–Crippen MR) is 190 cm³/mol. The van der Waals surface area contributed by atoms with Gasteiger partial charge in [0, 0.05) is 27.5 Å². The van der Waals surface area contributed by atoms with E-state index in [4.69, 9.17) is 15.0 Å². The van der Waals surface area contributed by atoms with Crippen LogP contribution in [0.4, 0.5) is 0 Å². The molecule has 4 nitrogen and oxygen atoms in total. The third-order valence-electron chi connectivity index (χ3n) is 9.17. The molecule has 0 saturated heterocycles. The van der Waals surface area contributed by atoms with E-state index in [9.17, 15) is 0 Å². The van der Waals surface area contributed by atoms with Crippen molar-refractivity contribution in [2.24, 2.45) is 0 Å². The molecule has 0 radical (unpaired) electrons. The average molecular weight is 595 g/mol. The minimum absolute atomic E-state index is 0.621. The zero-order valence-electron chi connectivity index (χ0n) is 25.4. The smallest absolute Gasteiger partial charge is 0.238 e. The number of nitrogens with zero attached hydrogens (tertiary/aromatic N) is 4. The van der Waals surface area contributed by atoms with Gasteiger partial charge in [-0.3, -0.25) is 4.57 Å². The van der Waals surface area contributed by atoms with E-state index in [1.54, 1.807) is 0 Å². The van der Waals surface area contributed by atoms with Crippen LogP contribution in [0.25, 0.3) is 83.6 Å². The lowest BCUT2D eigenvalue weighted by molar-refractivity contribution is 0.954. The van der Waals surface area contributed by atoms with Crippen LogP contribution in [-0.4, -0.2) is 27.6 Å². The Balaban J connectivity index is 1.38. The molecule has 0 spiro atoms. The Morgan fingerprint density at radius 2 is 1.18 bits per heavy atom. The van der Waals surface area contributed by atoms with Crippen molar-refractivity contribution in [3.05, 3.63) is 127 Å². The van der Waals surface area contributed by atoms with Crippen LogP contribution in [0.3, 0.4) is 0 Å². The maximum atomic E-state index is 5.24. The number of aromatic nitrogens is 4. The summed E-state index contributed by atoms with van der Waals surface area (Å²) < 4.78 is 2.27. The normalized spacial score (nSPS) is 12.3. The Hall–Kier alpha value is -5.39. The highest BCUT2D eigenvalue weighted by atomic mass is 28.3. The molecular weight excluding hydrogens is 565 g/mol. The molecule has 2 aromatic heterocycles. The molecule has 0 amide bonds. The quantitative estimate of drug-likeness (QED) is 0.191. The second kappa shape index (κ2) is 9.55. The second-order valence-corrected chi connectivity index (χ2v) is 18.0. The van der Waals surface area contributed by atoms with Crippen molar-refractivity contribution in [2.45, 2.75) is 19.6 Å². The van der Waals surface area contributed by atoms with Crippen LogP contribution in [0, 0.1) is 0 Å². The van der Waals surface area contributed by atoms with Crippen molar-refractivity contribution in [2.75, 3.05) is 0 Å². The second-order valence-electron chi connectivity index (χ2n) is 12.9. The van der Waals surface area contributed by atoms with Crippen molar-refractivity contribution >= 4 is 45.8 Å². The van der Waals surface area contributed by atoms with Gasteiger partial charge in [-0.05, 0) is 33.5 Å². The molecule has 0 N–H and O–H groups in total. The fourth-order valence-electron chi connectivity index (χ4n) is 6.97. The molecule has 0 fully saturated rings. The first-order valence-corrected chi connectivity index (χ1v) is 19.0. The lowest BCUT2D eigenvalue weighted by Gasteiger charge is -2.17. The van der Waals surface area contributed by atoms with Crippen LogP contribution in [0.15, 0.2) is 127 Å². The SMILES string of the molecule is C[Si](C)(C)c1ccc(-c2nc(-c3ccccc3)nc(-n3c4ccccc4c4ccc5c(c43)-c3cccc4cccc-5c34)n2)cc1. The van der Waals surface area contributed by atoms with Crippen molar-refractivity contribution in [1.82, 2.24) is 19.5 Å². The summed E-state index contributed by atoms with van der Waals surface area (Å²) in [6, 6.07) is 45.5. The summed E-state index contributed by atoms with van der Waals surface area (Å²) in [5, 5.41) is 6.35. The molecule has 9 rings (SSSR count). The third kappa shape index (κ3) is 3.94. The first-order valence-electron chi connectivity index (χ1n) is 15.5. The van der Waals surface area contributed by atoms with Gasteiger partial charge in [0.25, 0.3) is 0 Å². The molecule has 2 heterocycles. The largest absolute Gasteiger partial charge is 0.277 e. The molecule has 6 aromatic carbocycles. The van der Waals surface area contributed by atoms with Gasteiger partial charge in [0.1, 0.15) is 0 Å². The molecule has 214 valence electrons. The summed E-state index contributed by atoms with van der Waals surface area (Å²) >= 11 is 0. The molecule has 45 heavy (non-hydrogen) atoms. The molecule has 0 atom stereocenters. The van der Waals surface area contributed by atoms with Crippen molar-refractivity contribution in [3.8, 4) is 51.0 Å². The Bertz CT molecular complexity index is 2450. The van der Waals surface area contributed by atoms with Gasteiger partial charge in [0.15, 0.2) is 11.6 Å². The molecule has 5 heteroatoms. The van der Waals surface area contributed by atoms with Gasteiger partial charge in [0.05, 0.1) is 19.1 Å². The number of rotatable bonds is 4. The van der Waals surface area contributed by atoms with Crippen molar-refractivity contribution in [3.63, 3.8) is 0 Å². The zero-order chi connectivity index (χ0) is 30.3. The summed E-state index contributed by atoms with van der Waals surface area (Å²) in [7, 11) is -1.45. The van der Waals surface area contributed by atoms with E-state index in [1.165, 1.54) is 49.0 Å². The van der Waals surface area contributed by atoms with Gasteiger partial charge in [0.2, 0.25) is 5.95 Å². The molecule has 1 aliphatic rings. The monoisotopic (exact) mass is 594 g/mol. The maximum Gasteiger partial charge on any atom is 0.238 e. The van der Waals surface area contributed by atoms with E-state index in [-0.39, 0.29) is 0 Å². The number of hydrogen-bond acceptors (Lipinski definition) is 3. The maximum absolute atomic E-state index is 5.24. The number of benzene rings is 6. The summed E-state index contributed by atoms with van der Waals surface area (Å²) in [6.45, 7) is 7.11. The molecule has 0 aliphatic heterocycles. The molecule has 1 aliphatic carbocycles. The van der Waals surface area contributed by atoms with E-state index in [0.29, 0.717) is 17.6 Å². The van der Waals surface area contributed by atoms with Crippen LogP contribution >= 0.6 is 0 Å². The van der Waals surface area contributed by atoms with E-state index >= 15 is 0 Å². The van der Waals surface area contributed by atoms with Crippen LogP contribution in [0.1, 0.15) is 0 Å². The van der Waals surface area contributed by atoms with Crippen LogP contribution in [0.2, 0.25) is 19.6 Å². The highest BCUT2D eigenvalue weighted by molar-refractivity contribution is 6.88. The topological polar surface area (TPSA) is 43.6 Å². The fourth-order valence-corrected chi connectivity index (χ4v) is 8.13. The lowest BCUT2D eigenvalue weighted by atomic mass is 10.0. The Morgan fingerprint density at radius 1 is 0.511 bits per heavy atom. The van der Waals surface area contributed by atoms with Gasteiger partial charge in [-0.15, -0.1) is 0 Å². The van der Waals surface area contributed by atoms with Crippen LogP contribution in [-0.2, 0) is 0 Å². The molecular formula is C40H30N4Si. The highest BCUT2D eigenvalue weighted by Gasteiger charge is 2.28. The van der Waals surface area contributed by atoms with Crippen LogP contribution < -0.4 is 5.19 Å². The van der Waals surface area contributed by atoms with Crippen molar-refractivity contribution < 1.29 is 0 Å². The number of hydrogen-bond donors (Lipinski definition) is 0. The summed E-state index contributed by atoms with van der Waals surface area (Å²) in [5.41, 5.74) is 9.17. The van der Waals surface area contributed by atoms with E-state index in [2.05, 4.69) is 133 Å². The van der Waals surface area contributed by atoms with Gasteiger partial charge in [-0.25, -0.2) is 4.98 Å². The Morgan fingerprint density at radius 3 is 1.91 bits per heavy atom. The number of fused-ring (bicyclic) bond motifs is 7. The van der Waals surface area contributed by atoms with E-state index in [0.717, 1.165) is 22.2 Å².